The molecular formula is C3H7N3O. The largest absolute Gasteiger partial charge is 0.479 e. The highest BCUT2D eigenvalue weighted by atomic mass is 16.5. The molecule has 0 heterocycles. The molecule has 0 saturated heterocycles. The highest BCUT2D eigenvalue weighted by Gasteiger charge is 1.83. The van der Waals surface area contributed by atoms with E-state index >= 15 is 0 Å². The Bertz CT molecular complexity index is 88.2. The maximum absolute atomic E-state index is 6.50. The molecule has 0 aliphatic carbocycles. The fourth-order valence-corrected chi connectivity index (χ4v) is 0.149. The number of hydrogen-bond acceptors (Lipinski definition) is 4. The van der Waals surface area contributed by atoms with Gasteiger partial charge in [-0.2, -0.15) is 0 Å². The molecule has 0 amide bonds. The van der Waals surface area contributed by atoms with E-state index in [0.717, 1.165) is 6.21 Å². The molecule has 0 saturated carbocycles. The Morgan fingerprint density at radius 2 is 2.57 bits per heavy atom. The van der Waals surface area contributed by atoms with E-state index in [2.05, 4.69) is 9.84 Å². The van der Waals surface area contributed by atoms with E-state index in [9.17, 15) is 0 Å². The molecule has 0 spiro atoms. The fraction of sp³-hybridized carbons (Fsp3) is 0.333. The predicted octanol–water partition coefficient (Wildman–Crippen LogP) is -0.445. The molecule has 4 heteroatoms. The molecule has 3 N–H and O–H groups in total. The number of hydrazone groups is 1. The second-order valence-corrected chi connectivity index (χ2v) is 0.816. The van der Waals surface area contributed by atoms with Crippen molar-refractivity contribution in [2.75, 3.05) is 7.11 Å². The Labute approximate surface area is 41.5 Å². The van der Waals surface area contributed by atoms with Crippen LogP contribution in [0.2, 0.25) is 0 Å². The van der Waals surface area contributed by atoms with Crippen molar-refractivity contribution in [3.05, 3.63) is 0 Å². The Hall–Kier alpha value is -1.06. The maximum atomic E-state index is 6.50. The summed E-state index contributed by atoms with van der Waals surface area (Å²) in [6, 6.07) is 0. The van der Waals surface area contributed by atoms with E-state index in [0.29, 0.717) is 0 Å². The lowest BCUT2D eigenvalue weighted by molar-refractivity contribution is 0.410. The molecular weight excluding hydrogens is 94.1 g/mol. The summed E-state index contributed by atoms with van der Waals surface area (Å²) in [5.74, 6) is 4.83. The van der Waals surface area contributed by atoms with Crippen molar-refractivity contribution in [3.63, 3.8) is 0 Å². The molecule has 0 aromatic heterocycles. The fourth-order valence-electron chi connectivity index (χ4n) is 0.149. The number of nitrogens with two attached hydrogens (primary N) is 1. The normalized spacial score (nSPS) is 10.7. The summed E-state index contributed by atoms with van der Waals surface area (Å²) < 4.78 is 4.43. The van der Waals surface area contributed by atoms with Crippen LogP contribution in [0.3, 0.4) is 0 Å². The monoisotopic (exact) mass is 101 g/mol. The molecule has 0 bridgehead atoms. The molecule has 0 fully saturated rings. The first-order chi connectivity index (χ1) is 3.35. The maximum Gasteiger partial charge on any atom is 0.247 e. The van der Waals surface area contributed by atoms with Gasteiger partial charge < -0.3 is 16.0 Å². The lowest BCUT2D eigenvalue weighted by atomic mass is 10.7. The van der Waals surface area contributed by atoms with Gasteiger partial charge in [-0.1, -0.05) is 0 Å². The van der Waals surface area contributed by atoms with E-state index in [1.165, 1.54) is 7.11 Å². The van der Waals surface area contributed by atoms with Gasteiger partial charge in [-0.05, 0) is 0 Å². The van der Waals surface area contributed by atoms with Crippen molar-refractivity contribution in [1.82, 2.24) is 0 Å². The highest BCUT2D eigenvalue weighted by Crippen LogP contribution is 1.65. The van der Waals surface area contributed by atoms with Crippen LogP contribution in [0.4, 0.5) is 0 Å². The predicted molar refractivity (Wildman–Crippen MR) is 27.4 cm³/mol. The van der Waals surface area contributed by atoms with Gasteiger partial charge in [-0.15, -0.1) is 5.10 Å². The second-order valence-electron chi connectivity index (χ2n) is 0.816. The van der Waals surface area contributed by atoms with Crippen LogP contribution in [0.1, 0.15) is 0 Å². The van der Waals surface area contributed by atoms with Crippen LogP contribution in [0.25, 0.3) is 0 Å². The van der Waals surface area contributed by atoms with Gasteiger partial charge in [0, 0.05) is 0 Å². The number of ether oxygens (including phenoxy) is 1. The zero-order chi connectivity index (χ0) is 5.70. The molecule has 0 aliphatic heterocycles. The van der Waals surface area contributed by atoms with Crippen molar-refractivity contribution < 1.29 is 4.74 Å². The van der Waals surface area contributed by atoms with Gasteiger partial charge in [0.15, 0.2) is 0 Å². The summed E-state index contributed by atoms with van der Waals surface area (Å²) in [4.78, 5) is 0. The summed E-state index contributed by atoms with van der Waals surface area (Å²) in [7, 11) is 1.40. The smallest absolute Gasteiger partial charge is 0.247 e. The summed E-state index contributed by atoms with van der Waals surface area (Å²) in [5, 5.41) is 9.58. The SMILES string of the molecule is CO/C(C=N)=N/N. The molecule has 7 heavy (non-hydrogen) atoms. The van der Waals surface area contributed by atoms with Gasteiger partial charge in [-0.3, -0.25) is 0 Å². The number of nitrogens with zero attached hydrogens (tertiary/aromatic N) is 1. The molecule has 0 rings (SSSR count). The summed E-state index contributed by atoms with van der Waals surface area (Å²) in [6.45, 7) is 0. The Morgan fingerprint density at radius 1 is 2.00 bits per heavy atom. The second kappa shape index (κ2) is 3.14. The van der Waals surface area contributed by atoms with Crippen molar-refractivity contribution in [3.8, 4) is 0 Å². The average molecular weight is 101 g/mol. The van der Waals surface area contributed by atoms with Crippen LogP contribution >= 0.6 is 0 Å². The molecule has 0 aromatic carbocycles. The molecule has 0 aliphatic rings. The zero-order valence-corrected chi connectivity index (χ0v) is 4.01. The molecule has 0 radical (unpaired) electrons. The molecule has 0 aromatic rings. The van der Waals surface area contributed by atoms with E-state index in [-0.39, 0.29) is 5.90 Å². The number of nitrogens with one attached hydrogen (secondary N) is 1. The summed E-state index contributed by atoms with van der Waals surface area (Å²) in [5.41, 5.74) is 0. The molecule has 4 nitrogen and oxygen atoms in total. The highest BCUT2D eigenvalue weighted by molar-refractivity contribution is 6.24. The van der Waals surface area contributed by atoms with Gasteiger partial charge in [-0.25, -0.2) is 0 Å². The van der Waals surface area contributed by atoms with Crippen LogP contribution in [0, 0.1) is 5.41 Å². The number of methoxy groups -OCH3 is 1. The van der Waals surface area contributed by atoms with E-state index in [1.54, 1.807) is 0 Å². The molecule has 40 valence electrons. The first-order valence-electron chi connectivity index (χ1n) is 1.67. The van der Waals surface area contributed by atoms with Crippen molar-refractivity contribution in [2.45, 2.75) is 0 Å². The van der Waals surface area contributed by atoms with Crippen LogP contribution in [-0.4, -0.2) is 19.2 Å². The van der Waals surface area contributed by atoms with Gasteiger partial charge in [0.2, 0.25) is 5.90 Å². The van der Waals surface area contributed by atoms with Crippen LogP contribution < -0.4 is 5.84 Å². The average Bonchev–Trinajstić information content (AvgIpc) is 1.72. The third-order valence-corrected chi connectivity index (χ3v) is 0.460. The number of hydrogen-bond donors (Lipinski definition) is 2. The molecule has 0 atom stereocenters. The minimum absolute atomic E-state index is 0.125. The minimum atomic E-state index is 0.125. The summed E-state index contributed by atoms with van der Waals surface area (Å²) >= 11 is 0. The Morgan fingerprint density at radius 3 is 2.57 bits per heavy atom. The lowest BCUT2D eigenvalue weighted by Crippen LogP contribution is -2.04. The minimum Gasteiger partial charge on any atom is -0.479 e. The third kappa shape index (κ3) is 1.75. The molecule has 0 unspecified atom stereocenters. The van der Waals surface area contributed by atoms with Gasteiger partial charge >= 0.3 is 0 Å². The topological polar surface area (TPSA) is 71.5 Å². The Balaban J connectivity index is 3.60. The van der Waals surface area contributed by atoms with E-state index in [1.807, 2.05) is 0 Å². The lowest BCUT2D eigenvalue weighted by Gasteiger charge is -1.90. The van der Waals surface area contributed by atoms with Gasteiger partial charge in [0.1, 0.15) is 0 Å². The first kappa shape index (κ1) is 5.94. The van der Waals surface area contributed by atoms with Crippen molar-refractivity contribution >= 4 is 12.1 Å². The summed E-state index contributed by atoms with van der Waals surface area (Å²) in [6.07, 6.45) is 0.931. The van der Waals surface area contributed by atoms with E-state index in [4.69, 9.17) is 11.3 Å². The zero-order valence-electron chi connectivity index (χ0n) is 4.01. The van der Waals surface area contributed by atoms with Gasteiger partial charge in [0.05, 0.1) is 13.3 Å². The van der Waals surface area contributed by atoms with Crippen LogP contribution in [0.15, 0.2) is 5.10 Å². The first-order valence-corrected chi connectivity index (χ1v) is 1.67. The standard InChI is InChI=1S/C3H7N3O/c1-7-3(2-4)6-5/h2,4H,5H2,1H3/b4-2?,6-3+. The van der Waals surface area contributed by atoms with E-state index < -0.39 is 0 Å². The van der Waals surface area contributed by atoms with Crippen LogP contribution in [0.5, 0.6) is 0 Å². The Kier molecular flexibility index (Phi) is 2.67. The van der Waals surface area contributed by atoms with Gasteiger partial charge in [0.25, 0.3) is 0 Å². The number of rotatable bonds is 1. The van der Waals surface area contributed by atoms with Crippen molar-refractivity contribution in [1.29, 1.82) is 5.41 Å². The quantitative estimate of drug-likeness (QED) is 0.203. The van der Waals surface area contributed by atoms with Crippen LogP contribution in [-0.2, 0) is 4.74 Å². The third-order valence-electron chi connectivity index (χ3n) is 0.460. The van der Waals surface area contributed by atoms with Crippen molar-refractivity contribution in [2.24, 2.45) is 10.9 Å².